The van der Waals surface area contributed by atoms with Gasteiger partial charge in [-0.3, -0.25) is 14.4 Å². The quantitative estimate of drug-likeness (QED) is 0.356. The van der Waals surface area contributed by atoms with Crippen LogP contribution in [0.5, 0.6) is 11.5 Å². The van der Waals surface area contributed by atoms with Crippen molar-refractivity contribution in [1.82, 2.24) is 15.1 Å². The SMILES string of the molecule is CCC(C(=O)N1CCC2(CC1)C(=O)N(CC(=O)NCCc1ccc(OC)c(OC)c1)CN2c1ccccc1)c1ccccc1. The van der Waals surface area contributed by atoms with Crippen LogP contribution in [-0.2, 0) is 20.8 Å². The average Bonchev–Trinajstić information content (AvgIpc) is 3.32. The van der Waals surface area contributed by atoms with Gasteiger partial charge in [-0.1, -0.05) is 61.5 Å². The molecule has 5 rings (SSSR count). The number of benzene rings is 3. The molecule has 1 spiro atoms. The zero-order valence-electron chi connectivity index (χ0n) is 25.8. The molecule has 1 unspecified atom stereocenters. The van der Waals surface area contributed by atoms with Crippen molar-refractivity contribution >= 4 is 23.4 Å². The molecular weight excluding hydrogens is 556 g/mol. The lowest BCUT2D eigenvalue weighted by atomic mass is 9.84. The molecule has 2 heterocycles. The van der Waals surface area contributed by atoms with Crippen LogP contribution in [-0.4, -0.2) is 80.1 Å². The van der Waals surface area contributed by atoms with Gasteiger partial charge < -0.3 is 29.5 Å². The van der Waals surface area contributed by atoms with Crippen LogP contribution in [0.15, 0.2) is 78.9 Å². The van der Waals surface area contributed by atoms with Crippen molar-refractivity contribution in [2.24, 2.45) is 0 Å². The molecule has 2 aliphatic heterocycles. The summed E-state index contributed by atoms with van der Waals surface area (Å²) in [6, 6.07) is 25.5. The maximum atomic E-state index is 14.1. The van der Waals surface area contributed by atoms with E-state index in [9.17, 15) is 14.4 Å². The Morgan fingerprint density at radius 3 is 2.20 bits per heavy atom. The van der Waals surface area contributed by atoms with Crippen molar-refractivity contribution in [3.8, 4) is 11.5 Å². The van der Waals surface area contributed by atoms with Crippen LogP contribution in [0.3, 0.4) is 0 Å². The first kappa shape index (κ1) is 30.9. The summed E-state index contributed by atoms with van der Waals surface area (Å²) >= 11 is 0. The lowest BCUT2D eigenvalue weighted by Crippen LogP contribution is -2.58. The molecule has 0 radical (unpaired) electrons. The molecule has 44 heavy (non-hydrogen) atoms. The maximum Gasteiger partial charge on any atom is 0.250 e. The number of para-hydroxylation sites is 1. The number of anilines is 1. The van der Waals surface area contributed by atoms with Crippen molar-refractivity contribution in [2.75, 3.05) is 52.0 Å². The summed E-state index contributed by atoms with van der Waals surface area (Å²) in [6.07, 6.45) is 2.35. The van der Waals surface area contributed by atoms with Gasteiger partial charge in [0.2, 0.25) is 11.8 Å². The highest BCUT2D eigenvalue weighted by molar-refractivity contribution is 5.96. The van der Waals surface area contributed by atoms with Gasteiger partial charge in [0, 0.05) is 25.3 Å². The Kier molecular flexibility index (Phi) is 9.72. The number of rotatable bonds is 11. The first-order chi connectivity index (χ1) is 21.4. The monoisotopic (exact) mass is 598 g/mol. The molecule has 3 aromatic carbocycles. The van der Waals surface area contributed by atoms with E-state index in [4.69, 9.17) is 9.47 Å². The normalized spacial score (nSPS) is 16.6. The fourth-order valence-corrected chi connectivity index (χ4v) is 6.49. The van der Waals surface area contributed by atoms with Gasteiger partial charge in [0.1, 0.15) is 12.1 Å². The molecule has 232 valence electrons. The number of ether oxygens (including phenoxy) is 2. The Labute approximate surface area is 259 Å². The van der Waals surface area contributed by atoms with Gasteiger partial charge in [0.05, 0.1) is 26.8 Å². The van der Waals surface area contributed by atoms with Crippen LogP contribution in [0.4, 0.5) is 5.69 Å². The molecule has 3 aromatic rings. The molecule has 0 aliphatic carbocycles. The van der Waals surface area contributed by atoms with E-state index in [1.807, 2.05) is 90.7 Å². The van der Waals surface area contributed by atoms with Gasteiger partial charge in [-0.05, 0) is 61.1 Å². The van der Waals surface area contributed by atoms with Crippen molar-refractivity contribution in [3.05, 3.63) is 90.0 Å². The predicted molar refractivity (Wildman–Crippen MR) is 170 cm³/mol. The summed E-state index contributed by atoms with van der Waals surface area (Å²) in [5, 5.41) is 2.97. The molecule has 2 aliphatic rings. The summed E-state index contributed by atoms with van der Waals surface area (Å²) < 4.78 is 10.7. The minimum Gasteiger partial charge on any atom is -0.493 e. The number of piperidine rings is 1. The molecule has 0 saturated carbocycles. The van der Waals surface area contributed by atoms with Gasteiger partial charge in [0.15, 0.2) is 11.5 Å². The zero-order valence-corrected chi connectivity index (χ0v) is 25.8. The summed E-state index contributed by atoms with van der Waals surface area (Å²) in [7, 11) is 3.19. The number of amides is 3. The largest absolute Gasteiger partial charge is 0.493 e. The standard InChI is InChI=1S/C35H42N4O5/c1-4-29(27-11-7-5-8-12-27)33(41)37-21-18-35(19-22-37)34(42)38(25-39(35)28-13-9-6-10-14-28)24-32(40)36-20-17-26-15-16-30(43-2)31(23-26)44-3/h5-16,23,29H,4,17-22,24-25H2,1-3H3,(H,36,40). The van der Waals surface area contributed by atoms with E-state index in [0.29, 0.717) is 63.5 Å². The van der Waals surface area contributed by atoms with Crippen molar-refractivity contribution in [2.45, 2.75) is 44.1 Å². The Morgan fingerprint density at radius 1 is 0.909 bits per heavy atom. The highest BCUT2D eigenvalue weighted by Crippen LogP contribution is 2.40. The van der Waals surface area contributed by atoms with Crippen LogP contribution < -0.4 is 19.7 Å². The van der Waals surface area contributed by atoms with Gasteiger partial charge in [-0.15, -0.1) is 0 Å². The lowest BCUT2D eigenvalue weighted by molar-refractivity contribution is -0.140. The second kappa shape index (κ2) is 13.8. The molecule has 0 bridgehead atoms. The predicted octanol–water partition coefficient (Wildman–Crippen LogP) is 4.22. The number of nitrogens with one attached hydrogen (secondary N) is 1. The number of hydrogen-bond acceptors (Lipinski definition) is 6. The summed E-state index contributed by atoms with van der Waals surface area (Å²) in [5.41, 5.74) is 2.17. The van der Waals surface area contributed by atoms with Crippen LogP contribution in [0.1, 0.15) is 43.2 Å². The Bertz CT molecular complexity index is 1440. The molecule has 1 atom stereocenters. The molecule has 2 fully saturated rings. The van der Waals surface area contributed by atoms with E-state index in [2.05, 4.69) is 10.2 Å². The van der Waals surface area contributed by atoms with Crippen LogP contribution in [0.25, 0.3) is 0 Å². The molecule has 9 nitrogen and oxygen atoms in total. The Morgan fingerprint density at radius 2 is 1.57 bits per heavy atom. The van der Waals surface area contributed by atoms with Crippen molar-refractivity contribution in [1.29, 1.82) is 0 Å². The fraction of sp³-hybridized carbons (Fsp3) is 0.400. The van der Waals surface area contributed by atoms with E-state index in [1.165, 1.54) is 0 Å². The summed E-state index contributed by atoms with van der Waals surface area (Å²) in [4.78, 5) is 46.4. The summed E-state index contributed by atoms with van der Waals surface area (Å²) in [5.74, 6) is 0.943. The third-order valence-electron chi connectivity index (χ3n) is 8.91. The third-order valence-corrected chi connectivity index (χ3v) is 8.91. The molecule has 1 N–H and O–H groups in total. The average molecular weight is 599 g/mol. The Balaban J connectivity index is 1.24. The second-order valence-corrected chi connectivity index (χ2v) is 11.4. The van der Waals surface area contributed by atoms with E-state index >= 15 is 0 Å². The van der Waals surface area contributed by atoms with Crippen LogP contribution in [0.2, 0.25) is 0 Å². The minimum atomic E-state index is -0.799. The first-order valence-electron chi connectivity index (χ1n) is 15.3. The molecule has 9 heteroatoms. The number of methoxy groups -OCH3 is 2. The third kappa shape index (κ3) is 6.37. The van der Waals surface area contributed by atoms with Crippen molar-refractivity contribution in [3.63, 3.8) is 0 Å². The minimum absolute atomic E-state index is 0.0234. The smallest absolute Gasteiger partial charge is 0.250 e. The topological polar surface area (TPSA) is 91.4 Å². The van der Waals surface area contributed by atoms with Gasteiger partial charge in [-0.25, -0.2) is 0 Å². The number of carbonyl (C=O) groups excluding carboxylic acids is 3. The van der Waals surface area contributed by atoms with E-state index < -0.39 is 5.54 Å². The molecule has 3 amide bonds. The fourth-order valence-electron chi connectivity index (χ4n) is 6.49. The van der Waals surface area contributed by atoms with E-state index in [1.54, 1.807) is 19.1 Å². The van der Waals surface area contributed by atoms with E-state index in [-0.39, 0.29) is 30.2 Å². The molecule has 0 aromatic heterocycles. The van der Waals surface area contributed by atoms with Crippen LogP contribution >= 0.6 is 0 Å². The maximum absolute atomic E-state index is 14.1. The highest BCUT2D eigenvalue weighted by atomic mass is 16.5. The highest BCUT2D eigenvalue weighted by Gasteiger charge is 2.54. The second-order valence-electron chi connectivity index (χ2n) is 11.4. The zero-order chi connectivity index (χ0) is 31.1. The molecular formula is C35H42N4O5. The molecule has 2 saturated heterocycles. The number of nitrogens with zero attached hydrogens (tertiary/aromatic N) is 3. The van der Waals surface area contributed by atoms with Gasteiger partial charge >= 0.3 is 0 Å². The van der Waals surface area contributed by atoms with Gasteiger partial charge in [-0.2, -0.15) is 0 Å². The van der Waals surface area contributed by atoms with E-state index in [0.717, 1.165) is 16.8 Å². The number of carbonyl (C=O) groups is 3. The van der Waals surface area contributed by atoms with Gasteiger partial charge in [0.25, 0.3) is 5.91 Å². The summed E-state index contributed by atoms with van der Waals surface area (Å²) in [6.45, 7) is 3.74. The number of likely N-dealkylation sites (tertiary alicyclic amines) is 1. The first-order valence-corrected chi connectivity index (χ1v) is 15.3. The number of hydrogen-bond donors (Lipinski definition) is 1. The van der Waals surface area contributed by atoms with Crippen LogP contribution in [0, 0.1) is 0 Å². The lowest BCUT2D eigenvalue weighted by Gasteiger charge is -2.44. The van der Waals surface area contributed by atoms with Crippen molar-refractivity contribution < 1.29 is 23.9 Å². The Hall–Kier alpha value is -4.53.